The van der Waals surface area contributed by atoms with E-state index in [4.69, 9.17) is 15.4 Å². The third-order valence-electron chi connectivity index (χ3n) is 28.3. The summed E-state index contributed by atoms with van der Waals surface area (Å²) in [4.78, 5) is 2.60. The maximum absolute atomic E-state index is 6.80. The number of benzene rings is 17. The van der Waals surface area contributed by atoms with Crippen molar-refractivity contribution in [2.75, 3.05) is 11.4 Å². The molecule has 0 amide bonds. The van der Waals surface area contributed by atoms with Crippen LogP contribution in [0, 0.1) is 20.8 Å². The fraction of sp³-hybridized carbons (Fsp3) is 0.0484. The second-order valence-electron chi connectivity index (χ2n) is 35.5. The lowest BCUT2D eigenvalue weighted by Gasteiger charge is -2.30. The molecule has 17 aromatic carbocycles. The molecule has 0 saturated heterocycles. The van der Waals surface area contributed by atoms with Gasteiger partial charge in [0.2, 0.25) is 0 Å². The van der Waals surface area contributed by atoms with E-state index in [-0.39, 0.29) is 5.92 Å². The molecule has 8 heterocycles. The van der Waals surface area contributed by atoms with Gasteiger partial charge in [-0.3, -0.25) is 0 Å². The standard InChI is InChI=1S/C124H84N4O2S/c1-6-78(93-36-23-37-94(76(93)4)91-29-11-10-26-74(91)2)66-105-77(5)126(114-61-53-82(68-108(105)114)97-39-24-41-103-100-32-14-19-45-118(100)129-122(97)103)89-56-50-80(51-57-89)85-64-75(3)92-35-22-38-96(121(92)125-73-87(65-85)95-30-12-17-43-112(95)125)86-71-106(124-111(72-86)102-34-16-21-47-120(102)131-124)84-55-63-117-110(70-84)109-69-83(98-40-25-42-104-101-33-15-20-46-119(101)130-123(98)104)54-62-116(109)128(117)90-58-48-79(49-59-90)81-52-60-115-107(67-81)99-31-13-18-44-113(99)127(115)88-27-8-7-9-28-88/h6-70,72,86H,1,3,71,73H2,2,4-5H3/b78-66+,85-64-,87-65+. The monoisotopic (exact) mass is 1690 g/mol. The highest BCUT2D eigenvalue weighted by atomic mass is 32.1. The molecule has 3 aliphatic rings. The second-order valence-corrected chi connectivity index (χ2v) is 36.5. The van der Waals surface area contributed by atoms with E-state index in [2.05, 4.69) is 434 Å². The molecule has 0 fully saturated rings. The third kappa shape index (κ3) is 12.0. The lowest BCUT2D eigenvalue weighted by molar-refractivity contribution is 0.669. The predicted octanol–water partition coefficient (Wildman–Crippen LogP) is 32.0. The summed E-state index contributed by atoms with van der Waals surface area (Å²) in [5.41, 5.74) is 41.6. The van der Waals surface area contributed by atoms with Gasteiger partial charge in [0.15, 0.2) is 0 Å². The van der Waals surface area contributed by atoms with E-state index in [9.17, 15) is 0 Å². The fourth-order valence-electron chi connectivity index (χ4n) is 22.1. The van der Waals surface area contributed by atoms with Crippen molar-refractivity contribution in [2.24, 2.45) is 0 Å². The van der Waals surface area contributed by atoms with E-state index in [0.717, 1.165) is 162 Å². The Labute approximate surface area is 761 Å². The van der Waals surface area contributed by atoms with Crippen LogP contribution in [0.25, 0.3) is 210 Å². The number of nitrogens with zero attached hydrogens (tertiary/aromatic N) is 4. The van der Waals surface area contributed by atoms with Gasteiger partial charge in [-0.15, -0.1) is 11.3 Å². The molecule has 23 aromatic rings. The molecule has 1 aliphatic carbocycles. The van der Waals surface area contributed by atoms with Gasteiger partial charge < -0.3 is 27.4 Å². The van der Waals surface area contributed by atoms with E-state index in [1.165, 1.54) is 119 Å². The zero-order valence-corrected chi connectivity index (χ0v) is 73.3. The van der Waals surface area contributed by atoms with Crippen molar-refractivity contribution in [1.82, 2.24) is 13.7 Å². The van der Waals surface area contributed by atoms with E-state index >= 15 is 0 Å². The summed E-state index contributed by atoms with van der Waals surface area (Å²) in [7, 11) is 0. The van der Waals surface area contributed by atoms with E-state index in [1.807, 2.05) is 23.5 Å². The number of aryl methyl sites for hydroxylation is 1. The van der Waals surface area contributed by atoms with Crippen molar-refractivity contribution >= 4 is 171 Å². The molecule has 2 bridgehead atoms. The van der Waals surface area contributed by atoms with Gasteiger partial charge in [-0.25, -0.2) is 0 Å². The molecule has 2 aliphatic heterocycles. The first kappa shape index (κ1) is 76.0. The van der Waals surface area contributed by atoms with Gasteiger partial charge in [0.05, 0.1) is 33.3 Å². The van der Waals surface area contributed by atoms with Crippen LogP contribution >= 0.6 is 11.3 Å². The molecule has 0 saturated carbocycles. The normalized spacial score (nSPS) is 14.8. The number of allylic oxidation sites excluding steroid dienone is 6. The minimum Gasteiger partial charge on any atom is -0.455 e. The largest absolute Gasteiger partial charge is 0.455 e. The molecule has 131 heavy (non-hydrogen) atoms. The summed E-state index contributed by atoms with van der Waals surface area (Å²) in [6.07, 6.45) is 12.5. The molecular weight excluding hydrogens is 1610 g/mol. The summed E-state index contributed by atoms with van der Waals surface area (Å²) in [5, 5.41) is 13.0. The second kappa shape index (κ2) is 29.9. The Balaban J connectivity index is 0.586. The van der Waals surface area contributed by atoms with Crippen molar-refractivity contribution < 1.29 is 8.83 Å². The number of thiophene rings is 1. The molecule has 0 radical (unpaired) electrons. The summed E-state index contributed by atoms with van der Waals surface area (Å²) in [6, 6.07) is 136. The number of para-hydroxylation sites is 8. The highest BCUT2D eigenvalue weighted by molar-refractivity contribution is 7.17. The maximum Gasteiger partial charge on any atom is 0.143 e. The van der Waals surface area contributed by atoms with Gasteiger partial charge in [-0.05, 0) is 261 Å². The lowest BCUT2D eigenvalue weighted by atomic mass is 9.82. The molecule has 26 rings (SSSR count). The number of fused-ring (bicyclic) bond motifs is 23. The van der Waals surface area contributed by atoms with Gasteiger partial charge in [0.1, 0.15) is 22.3 Å². The SMILES string of the molecule is C=C/C(=C\c1c(C)n(-c2ccc(C3=C\C(=C)c4cccc(C5C=c6c(sc7ccccc67)=C(c6ccc7c(c6)c6cc(-c8cccc9c8oc8ccccc89)ccc6n7-c6ccc(-c7ccc8c(c7)c7ccccc7n8-c7ccccc7)cc6)C5)c4N4C/C(=C\3)c3ccccc34)cc2)c2ccc(-c3cccc4c3oc3ccccc34)cc12)c1cccc(-c2ccccc2C)c1C. The number of hydrogen-bond acceptors (Lipinski definition) is 4. The molecular formula is C124H84N4O2S. The summed E-state index contributed by atoms with van der Waals surface area (Å²) >= 11 is 1.92. The number of hydrogen-bond donors (Lipinski definition) is 0. The molecule has 7 heteroatoms. The van der Waals surface area contributed by atoms with Crippen LogP contribution < -0.4 is 14.7 Å². The molecule has 0 spiro atoms. The zero-order valence-electron chi connectivity index (χ0n) is 72.5. The Hall–Kier alpha value is -16.3. The van der Waals surface area contributed by atoms with Crippen LogP contribution in [-0.2, 0) is 0 Å². The van der Waals surface area contributed by atoms with Crippen LogP contribution in [0.4, 0.5) is 11.4 Å². The van der Waals surface area contributed by atoms with Crippen molar-refractivity contribution in [3.63, 3.8) is 0 Å². The Morgan fingerprint density at radius 1 is 0.389 bits per heavy atom. The highest BCUT2D eigenvalue weighted by Crippen LogP contribution is 2.52. The van der Waals surface area contributed by atoms with Gasteiger partial charge in [0, 0.05) is 132 Å². The Morgan fingerprint density at radius 2 is 0.893 bits per heavy atom. The van der Waals surface area contributed by atoms with Crippen LogP contribution in [0.3, 0.4) is 0 Å². The molecule has 6 nitrogen and oxygen atoms in total. The van der Waals surface area contributed by atoms with Crippen LogP contribution in [0.15, 0.2) is 410 Å². The predicted molar refractivity (Wildman–Crippen MR) is 554 cm³/mol. The summed E-state index contributed by atoms with van der Waals surface area (Å²) < 4.78 is 23.4. The molecule has 0 N–H and O–H groups in total. The molecule has 6 aromatic heterocycles. The van der Waals surface area contributed by atoms with Crippen LogP contribution in [0.5, 0.6) is 0 Å². The number of aromatic nitrogens is 3. The van der Waals surface area contributed by atoms with Gasteiger partial charge in [-0.2, -0.15) is 0 Å². The minimum absolute atomic E-state index is 0.0192. The summed E-state index contributed by atoms with van der Waals surface area (Å²) in [6.45, 7) is 17.0. The van der Waals surface area contributed by atoms with Gasteiger partial charge in [0.25, 0.3) is 0 Å². The fourth-order valence-corrected chi connectivity index (χ4v) is 23.3. The molecule has 618 valence electrons. The van der Waals surface area contributed by atoms with Crippen LogP contribution in [0.1, 0.15) is 68.1 Å². The number of anilines is 2. The smallest absolute Gasteiger partial charge is 0.143 e. The van der Waals surface area contributed by atoms with E-state index in [1.54, 1.807) is 0 Å². The minimum atomic E-state index is -0.0192. The van der Waals surface area contributed by atoms with Crippen molar-refractivity contribution in [1.29, 1.82) is 0 Å². The first-order chi connectivity index (χ1) is 64.6. The Bertz CT molecular complexity index is 9120. The first-order valence-corrected chi connectivity index (χ1v) is 46.1. The average molecular weight is 1690 g/mol. The first-order valence-electron chi connectivity index (χ1n) is 45.3. The third-order valence-corrected chi connectivity index (χ3v) is 29.6. The Kier molecular flexibility index (Phi) is 17.3. The Morgan fingerprint density at radius 3 is 1.60 bits per heavy atom. The van der Waals surface area contributed by atoms with E-state index in [0.29, 0.717) is 6.54 Å². The average Bonchev–Trinajstić information content (AvgIpc) is 1.58. The van der Waals surface area contributed by atoms with Crippen molar-refractivity contribution in [3.8, 4) is 61.6 Å². The van der Waals surface area contributed by atoms with Crippen LogP contribution in [0.2, 0.25) is 0 Å². The lowest BCUT2D eigenvalue weighted by Crippen LogP contribution is -2.28. The van der Waals surface area contributed by atoms with Crippen molar-refractivity contribution in [2.45, 2.75) is 33.1 Å². The van der Waals surface area contributed by atoms with Gasteiger partial charge >= 0.3 is 0 Å². The van der Waals surface area contributed by atoms with Gasteiger partial charge in [-0.1, -0.05) is 280 Å². The topological polar surface area (TPSA) is 44.3 Å². The van der Waals surface area contributed by atoms with Crippen LogP contribution in [-0.4, -0.2) is 20.2 Å². The van der Waals surface area contributed by atoms with E-state index < -0.39 is 0 Å². The molecule has 1 atom stereocenters. The highest BCUT2D eigenvalue weighted by Gasteiger charge is 2.34. The quantitative estimate of drug-likeness (QED) is 0.108. The zero-order chi connectivity index (χ0) is 87.0. The number of rotatable bonds is 13. The number of furan rings is 2. The maximum atomic E-state index is 6.80. The van der Waals surface area contributed by atoms with Crippen molar-refractivity contribution in [3.05, 3.63) is 467 Å². The molecule has 1 unspecified atom stereocenters. The summed E-state index contributed by atoms with van der Waals surface area (Å²) in [5.74, 6) is -0.0192.